The highest BCUT2D eigenvalue weighted by atomic mass is 16.5. The lowest BCUT2D eigenvalue weighted by Gasteiger charge is -2.16. The molecular weight excluding hydrogens is 254 g/mol. The lowest BCUT2D eigenvalue weighted by atomic mass is 10.4. The third kappa shape index (κ3) is 3.54. The van der Waals surface area contributed by atoms with E-state index in [1.54, 1.807) is 0 Å². The lowest BCUT2D eigenvalue weighted by molar-refractivity contribution is -0.146. The van der Waals surface area contributed by atoms with E-state index in [4.69, 9.17) is 0 Å². The molecule has 0 fully saturated rings. The molecule has 0 atom stereocenters. The number of methoxy groups -OCH3 is 1. The van der Waals surface area contributed by atoms with Gasteiger partial charge in [-0.3, -0.25) is 23.5 Å². The molecule has 0 bridgehead atoms. The molecule has 0 aliphatic heterocycles. The van der Waals surface area contributed by atoms with Crippen LogP contribution < -0.4 is 11.2 Å². The van der Waals surface area contributed by atoms with Crippen molar-refractivity contribution in [1.29, 1.82) is 0 Å². The van der Waals surface area contributed by atoms with Gasteiger partial charge in [-0.25, -0.2) is 4.79 Å². The second-order valence-electron chi connectivity index (χ2n) is 3.95. The molecule has 0 aliphatic rings. The molecule has 1 heterocycles. The monoisotopic (exact) mass is 269 g/mol. The van der Waals surface area contributed by atoms with Gasteiger partial charge in [0.25, 0.3) is 5.56 Å². The van der Waals surface area contributed by atoms with Crippen molar-refractivity contribution in [1.82, 2.24) is 14.0 Å². The Morgan fingerprint density at radius 1 is 1.37 bits per heavy atom. The molecule has 0 saturated heterocycles. The van der Waals surface area contributed by atoms with Crippen molar-refractivity contribution in [3.8, 4) is 0 Å². The summed E-state index contributed by atoms with van der Waals surface area (Å²) in [6.07, 6.45) is 1.24. The first kappa shape index (κ1) is 14.7. The zero-order valence-corrected chi connectivity index (χ0v) is 11.0. The van der Waals surface area contributed by atoms with Crippen LogP contribution in [0.3, 0.4) is 0 Å². The van der Waals surface area contributed by atoms with Crippen LogP contribution >= 0.6 is 0 Å². The molecule has 19 heavy (non-hydrogen) atoms. The molecule has 0 spiro atoms. The van der Waals surface area contributed by atoms with Crippen LogP contribution in [0.4, 0.5) is 0 Å². The van der Waals surface area contributed by atoms with Crippen LogP contribution in [-0.2, 0) is 27.9 Å². The second kappa shape index (κ2) is 5.98. The number of ether oxygens (including phenoxy) is 1. The van der Waals surface area contributed by atoms with Crippen molar-refractivity contribution in [3.05, 3.63) is 33.1 Å². The average molecular weight is 269 g/mol. The Hall–Kier alpha value is -2.38. The highest BCUT2D eigenvalue weighted by Gasteiger charge is 2.14. The third-order valence-corrected chi connectivity index (χ3v) is 2.59. The molecule has 0 aliphatic carbocycles. The van der Waals surface area contributed by atoms with Gasteiger partial charge in [-0.15, -0.1) is 0 Å². The van der Waals surface area contributed by atoms with Crippen LogP contribution in [0, 0.1) is 0 Å². The molecular formula is C11H15N3O5. The molecule has 0 unspecified atom stereocenters. The number of nitrogens with zero attached hydrogens (tertiary/aromatic N) is 3. The molecule has 1 rings (SSSR count). The number of carbonyl (C=O) groups is 2. The van der Waals surface area contributed by atoms with E-state index >= 15 is 0 Å². The van der Waals surface area contributed by atoms with Crippen LogP contribution in [0.15, 0.2) is 21.9 Å². The first-order chi connectivity index (χ1) is 8.86. The van der Waals surface area contributed by atoms with Gasteiger partial charge in [0.15, 0.2) is 0 Å². The quantitative estimate of drug-likeness (QED) is 0.600. The fourth-order valence-corrected chi connectivity index (χ4v) is 1.35. The summed E-state index contributed by atoms with van der Waals surface area (Å²) in [6, 6.07) is 1.19. The number of esters is 1. The highest BCUT2D eigenvalue weighted by Crippen LogP contribution is 1.90. The molecule has 104 valence electrons. The third-order valence-electron chi connectivity index (χ3n) is 2.59. The number of aromatic nitrogens is 2. The van der Waals surface area contributed by atoms with E-state index in [2.05, 4.69) is 4.74 Å². The first-order valence-electron chi connectivity index (χ1n) is 5.44. The highest BCUT2D eigenvalue weighted by molar-refractivity contribution is 5.81. The number of likely N-dealkylation sites (N-methyl/N-ethyl adjacent to an activating group) is 1. The van der Waals surface area contributed by atoms with E-state index < -0.39 is 23.1 Å². The maximum absolute atomic E-state index is 11.8. The fraction of sp³-hybridized carbons (Fsp3) is 0.455. The molecule has 8 nitrogen and oxygen atoms in total. The van der Waals surface area contributed by atoms with Gasteiger partial charge in [0.2, 0.25) is 5.91 Å². The van der Waals surface area contributed by atoms with Crippen molar-refractivity contribution in [3.63, 3.8) is 0 Å². The minimum Gasteiger partial charge on any atom is -0.468 e. The van der Waals surface area contributed by atoms with Crippen molar-refractivity contribution >= 4 is 11.9 Å². The van der Waals surface area contributed by atoms with Crippen LogP contribution in [0.25, 0.3) is 0 Å². The Balaban J connectivity index is 2.83. The van der Waals surface area contributed by atoms with E-state index in [1.165, 1.54) is 33.5 Å². The van der Waals surface area contributed by atoms with Crippen LogP contribution in [0.2, 0.25) is 0 Å². The van der Waals surface area contributed by atoms with Crippen molar-refractivity contribution < 1.29 is 14.3 Å². The van der Waals surface area contributed by atoms with E-state index in [-0.39, 0.29) is 13.1 Å². The Labute approximate surface area is 108 Å². The molecule has 8 heteroatoms. The van der Waals surface area contributed by atoms with Crippen molar-refractivity contribution in [2.24, 2.45) is 7.05 Å². The first-order valence-corrected chi connectivity index (χ1v) is 5.44. The van der Waals surface area contributed by atoms with Gasteiger partial charge in [-0.05, 0) is 0 Å². The molecule has 0 N–H and O–H groups in total. The van der Waals surface area contributed by atoms with E-state index in [0.29, 0.717) is 0 Å². The molecule has 0 saturated carbocycles. The standard InChI is InChI=1S/C11H15N3O5/c1-12(7-10(17)19-3)9(16)6-14-5-4-8(15)13(2)11(14)18/h4-5H,6-7H2,1-3H3. The summed E-state index contributed by atoms with van der Waals surface area (Å²) in [5.41, 5.74) is -1.04. The summed E-state index contributed by atoms with van der Waals surface area (Å²) in [7, 11) is 3.97. The number of hydrogen-bond donors (Lipinski definition) is 0. The Kier molecular flexibility index (Phi) is 4.62. The van der Waals surface area contributed by atoms with E-state index in [0.717, 1.165) is 14.0 Å². The van der Waals surface area contributed by atoms with Gasteiger partial charge in [-0.2, -0.15) is 0 Å². The zero-order chi connectivity index (χ0) is 14.6. The van der Waals surface area contributed by atoms with E-state index in [1.807, 2.05) is 0 Å². The van der Waals surface area contributed by atoms with Gasteiger partial charge in [0.1, 0.15) is 13.1 Å². The topological polar surface area (TPSA) is 90.6 Å². The van der Waals surface area contributed by atoms with E-state index in [9.17, 15) is 19.2 Å². The van der Waals surface area contributed by atoms with Gasteiger partial charge < -0.3 is 9.64 Å². The normalized spacial score (nSPS) is 10.1. The number of amides is 1. The largest absolute Gasteiger partial charge is 0.468 e. The molecule has 1 amide bonds. The van der Waals surface area contributed by atoms with Crippen LogP contribution in [0.1, 0.15) is 0 Å². The fourth-order valence-electron chi connectivity index (χ4n) is 1.35. The predicted octanol–water partition coefficient (Wildman–Crippen LogP) is -1.82. The average Bonchev–Trinajstić information content (AvgIpc) is 2.39. The Bertz CT molecular complexity index is 601. The number of carbonyl (C=O) groups excluding carboxylic acids is 2. The minimum atomic E-state index is -0.590. The van der Waals surface area contributed by atoms with Crippen LogP contribution in [-0.4, -0.2) is 46.6 Å². The lowest BCUT2D eigenvalue weighted by Crippen LogP contribution is -2.41. The van der Waals surface area contributed by atoms with Gasteiger partial charge in [0, 0.05) is 26.4 Å². The van der Waals surface area contributed by atoms with Crippen molar-refractivity contribution in [2.45, 2.75) is 6.54 Å². The SMILES string of the molecule is COC(=O)CN(C)C(=O)Cn1ccc(=O)n(C)c1=O. The van der Waals surface area contributed by atoms with Crippen LogP contribution in [0.5, 0.6) is 0 Å². The molecule has 1 aromatic heterocycles. The van der Waals surface area contributed by atoms with Crippen molar-refractivity contribution in [2.75, 3.05) is 20.7 Å². The van der Waals surface area contributed by atoms with Gasteiger partial charge >= 0.3 is 11.7 Å². The maximum atomic E-state index is 11.8. The summed E-state index contributed by atoms with van der Waals surface area (Å²) >= 11 is 0. The van der Waals surface area contributed by atoms with Gasteiger partial charge in [-0.1, -0.05) is 0 Å². The summed E-state index contributed by atoms with van der Waals surface area (Å²) in [6.45, 7) is -0.448. The molecule has 0 aromatic carbocycles. The number of rotatable bonds is 4. The summed E-state index contributed by atoms with van der Waals surface area (Å²) in [5, 5.41) is 0. The summed E-state index contributed by atoms with van der Waals surface area (Å²) in [4.78, 5) is 46.8. The smallest absolute Gasteiger partial charge is 0.331 e. The predicted molar refractivity (Wildman–Crippen MR) is 65.6 cm³/mol. The maximum Gasteiger partial charge on any atom is 0.331 e. The van der Waals surface area contributed by atoms with Gasteiger partial charge in [0.05, 0.1) is 7.11 Å². The molecule has 1 aromatic rings. The zero-order valence-electron chi connectivity index (χ0n) is 11.0. The Morgan fingerprint density at radius 2 is 2.00 bits per heavy atom. The Morgan fingerprint density at radius 3 is 2.58 bits per heavy atom. The second-order valence-corrected chi connectivity index (χ2v) is 3.95. The minimum absolute atomic E-state index is 0.199. The number of hydrogen-bond acceptors (Lipinski definition) is 5. The summed E-state index contributed by atoms with van der Waals surface area (Å²) in [5.74, 6) is -0.991. The molecule has 0 radical (unpaired) electrons. The summed E-state index contributed by atoms with van der Waals surface area (Å²) < 4.78 is 6.42.